The zero-order valence-corrected chi connectivity index (χ0v) is 16.5. The molecule has 0 spiro atoms. The Labute approximate surface area is 165 Å². The number of amides is 1. The normalized spacial score (nSPS) is 19.3. The molecule has 4 rings (SSSR count). The number of carbonyl (C=O) groups excluding carboxylic acids is 1. The maximum Gasteiger partial charge on any atom is 0.227 e. The lowest BCUT2D eigenvalue weighted by Gasteiger charge is -2.16. The predicted octanol–water partition coefficient (Wildman–Crippen LogP) is 3.97. The summed E-state index contributed by atoms with van der Waals surface area (Å²) < 4.78 is 5.66. The van der Waals surface area contributed by atoms with E-state index in [0.29, 0.717) is 19.5 Å². The van der Waals surface area contributed by atoms with Crippen LogP contribution in [0, 0.1) is 13.8 Å². The van der Waals surface area contributed by atoms with Crippen LogP contribution in [0.25, 0.3) is 11.0 Å². The van der Waals surface area contributed by atoms with Gasteiger partial charge >= 0.3 is 0 Å². The Kier molecular flexibility index (Phi) is 5.59. The molecule has 4 nitrogen and oxygen atoms in total. The first-order valence-electron chi connectivity index (χ1n) is 9.08. The summed E-state index contributed by atoms with van der Waals surface area (Å²) in [6, 6.07) is 14.4. The fourth-order valence-corrected chi connectivity index (χ4v) is 3.83. The summed E-state index contributed by atoms with van der Waals surface area (Å²) in [7, 11) is 0. The van der Waals surface area contributed by atoms with Crippen LogP contribution in [0.3, 0.4) is 0 Å². The van der Waals surface area contributed by atoms with E-state index >= 15 is 0 Å². The highest BCUT2D eigenvalue weighted by molar-refractivity contribution is 5.88. The summed E-state index contributed by atoms with van der Waals surface area (Å²) in [5, 5.41) is 1.03. The quantitative estimate of drug-likeness (QED) is 0.743. The van der Waals surface area contributed by atoms with E-state index in [4.69, 9.17) is 10.2 Å². The molecule has 1 aromatic heterocycles. The molecule has 0 aliphatic carbocycles. The minimum atomic E-state index is -0.0210. The Morgan fingerprint density at radius 1 is 1.15 bits per heavy atom. The van der Waals surface area contributed by atoms with Gasteiger partial charge in [-0.25, -0.2) is 0 Å². The number of fused-ring (bicyclic) bond motifs is 1. The summed E-state index contributed by atoms with van der Waals surface area (Å²) in [6.07, 6.45) is 2.07. The second-order valence-corrected chi connectivity index (χ2v) is 7.35. The van der Waals surface area contributed by atoms with Crippen molar-refractivity contribution in [1.82, 2.24) is 4.90 Å². The third kappa shape index (κ3) is 3.73. The monoisotopic (exact) mass is 384 g/mol. The number of halogens is 1. The van der Waals surface area contributed by atoms with Crippen LogP contribution in [-0.2, 0) is 11.2 Å². The van der Waals surface area contributed by atoms with Crippen LogP contribution in [0.2, 0.25) is 0 Å². The molecule has 2 aromatic carbocycles. The lowest BCUT2D eigenvalue weighted by Crippen LogP contribution is -2.33. The maximum atomic E-state index is 12.9. The second kappa shape index (κ2) is 7.75. The fourth-order valence-electron chi connectivity index (χ4n) is 3.83. The Bertz CT molecular complexity index is 952. The molecule has 0 radical (unpaired) electrons. The number of likely N-dealkylation sites (tertiary alicyclic amines) is 1. The van der Waals surface area contributed by atoms with Crippen molar-refractivity contribution in [1.29, 1.82) is 0 Å². The van der Waals surface area contributed by atoms with Crippen molar-refractivity contribution < 1.29 is 9.21 Å². The van der Waals surface area contributed by atoms with Crippen molar-refractivity contribution in [2.75, 3.05) is 13.1 Å². The summed E-state index contributed by atoms with van der Waals surface area (Å²) in [5.74, 6) is 0.311. The van der Waals surface area contributed by atoms with Gasteiger partial charge in [0, 0.05) is 36.0 Å². The number of aryl methyl sites for hydroxylation is 2. The number of benzene rings is 2. The van der Waals surface area contributed by atoms with Gasteiger partial charge in [-0.3, -0.25) is 4.79 Å². The average molecular weight is 385 g/mol. The van der Waals surface area contributed by atoms with Gasteiger partial charge in [0.05, 0.1) is 12.7 Å². The first-order valence-corrected chi connectivity index (χ1v) is 9.08. The molecule has 1 aliphatic heterocycles. The second-order valence-electron chi connectivity index (χ2n) is 7.35. The smallest absolute Gasteiger partial charge is 0.227 e. The van der Waals surface area contributed by atoms with E-state index in [2.05, 4.69) is 32.0 Å². The van der Waals surface area contributed by atoms with Crippen molar-refractivity contribution in [2.45, 2.75) is 32.2 Å². The number of furan rings is 1. The molecule has 2 atom stereocenters. The van der Waals surface area contributed by atoms with E-state index in [0.717, 1.165) is 16.5 Å². The topological polar surface area (TPSA) is 59.5 Å². The molecule has 2 heterocycles. The number of nitrogens with two attached hydrogens (primary N) is 1. The van der Waals surface area contributed by atoms with E-state index in [9.17, 15) is 4.79 Å². The van der Waals surface area contributed by atoms with Crippen molar-refractivity contribution in [3.63, 3.8) is 0 Å². The first-order chi connectivity index (χ1) is 12.5. The van der Waals surface area contributed by atoms with Crippen LogP contribution >= 0.6 is 12.4 Å². The lowest BCUT2D eigenvalue weighted by molar-refractivity contribution is -0.129. The summed E-state index contributed by atoms with van der Waals surface area (Å²) in [5.41, 5.74) is 11.7. The van der Waals surface area contributed by atoms with Gasteiger partial charge in [0.15, 0.2) is 0 Å². The van der Waals surface area contributed by atoms with Gasteiger partial charge in [-0.1, -0.05) is 30.3 Å². The highest BCUT2D eigenvalue weighted by Crippen LogP contribution is 2.29. The number of hydrogen-bond donors (Lipinski definition) is 1. The maximum absolute atomic E-state index is 12.9. The van der Waals surface area contributed by atoms with Gasteiger partial charge in [0.25, 0.3) is 0 Å². The van der Waals surface area contributed by atoms with Gasteiger partial charge in [-0.05, 0) is 42.7 Å². The van der Waals surface area contributed by atoms with E-state index in [-0.39, 0.29) is 30.3 Å². The van der Waals surface area contributed by atoms with Crippen molar-refractivity contribution in [2.24, 2.45) is 5.73 Å². The summed E-state index contributed by atoms with van der Waals surface area (Å²) in [6.45, 7) is 5.43. The molecule has 27 heavy (non-hydrogen) atoms. The Morgan fingerprint density at radius 2 is 1.85 bits per heavy atom. The molecule has 5 heteroatoms. The number of hydrogen-bond acceptors (Lipinski definition) is 3. The van der Waals surface area contributed by atoms with Crippen LogP contribution in [0.5, 0.6) is 0 Å². The minimum Gasteiger partial charge on any atom is -0.464 e. The molecule has 0 saturated carbocycles. The van der Waals surface area contributed by atoms with Crippen molar-refractivity contribution in [3.8, 4) is 0 Å². The lowest BCUT2D eigenvalue weighted by atomic mass is 9.95. The minimum absolute atomic E-state index is 0. The average Bonchev–Trinajstić information content (AvgIpc) is 3.20. The zero-order chi connectivity index (χ0) is 18.3. The molecule has 2 N–H and O–H groups in total. The number of rotatable bonds is 3. The predicted molar refractivity (Wildman–Crippen MR) is 110 cm³/mol. The van der Waals surface area contributed by atoms with Crippen molar-refractivity contribution in [3.05, 3.63) is 71.0 Å². The highest BCUT2D eigenvalue weighted by Gasteiger charge is 2.33. The molecule has 0 bridgehead atoms. The third-order valence-corrected chi connectivity index (χ3v) is 5.56. The Hall–Kier alpha value is -2.30. The van der Waals surface area contributed by atoms with E-state index in [1.807, 2.05) is 29.2 Å². The molecule has 3 aromatic rings. The molecular formula is C22H25ClN2O2. The standard InChI is InChI=1S/C22H24N2O2.ClH/c1-14-8-18-17(13-26-21(18)9-15(14)2)10-22(25)24-11-19(20(23)12-24)16-6-4-3-5-7-16;/h3-9,13,19-20H,10-12,23H2,1-2H3;1H/t19-,20+;/m0./s1. The molecule has 1 fully saturated rings. The molecule has 0 unspecified atom stereocenters. The number of carbonyl (C=O) groups is 1. The molecule has 142 valence electrons. The van der Waals surface area contributed by atoms with Crippen LogP contribution in [0.15, 0.2) is 53.1 Å². The van der Waals surface area contributed by atoms with E-state index in [1.165, 1.54) is 16.7 Å². The molecule has 1 aliphatic rings. The fraction of sp³-hybridized carbons (Fsp3) is 0.318. The number of nitrogens with zero attached hydrogens (tertiary/aromatic N) is 1. The zero-order valence-electron chi connectivity index (χ0n) is 15.6. The Morgan fingerprint density at radius 3 is 2.59 bits per heavy atom. The van der Waals surface area contributed by atoms with Gasteiger partial charge < -0.3 is 15.1 Å². The van der Waals surface area contributed by atoms with E-state index < -0.39 is 0 Å². The van der Waals surface area contributed by atoms with Crippen LogP contribution in [0.4, 0.5) is 0 Å². The summed E-state index contributed by atoms with van der Waals surface area (Å²) >= 11 is 0. The van der Waals surface area contributed by atoms with Crippen molar-refractivity contribution >= 4 is 29.3 Å². The molecule has 1 amide bonds. The molecular weight excluding hydrogens is 360 g/mol. The Balaban J connectivity index is 0.00000210. The van der Waals surface area contributed by atoms with Gasteiger partial charge in [-0.2, -0.15) is 0 Å². The highest BCUT2D eigenvalue weighted by atomic mass is 35.5. The van der Waals surface area contributed by atoms with Crippen LogP contribution in [0.1, 0.15) is 28.2 Å². The largest absolute Gasteiger partial charge is 0.464 e. The van der Waals surface area contributed by atoms with Gasteiger partial charge in [0.1, 0.15) is 5.58 Å². The summed E-state index contributed by atoms with van der Waals surface area (Å²) in [4.78, 5) is 14.8. The van der Waals surface area contributed by atoms with E-state index in [1.54, 1.807) is 6.26 Å². The van der Waals surface area contributed by atoms with Crippen LogP contribution in [-0.4, -0.2) is 29.9 Å². The SMILES string of the molecule is Cc1cc2occ(CC(=O)N3C[C@@H](N)[C@H](c4ccccc4)C3)c2cc1C.Cl. The molecule has 1 saturated heterocycles. The van der Waals surface area contributed by atoms with Gasteiger partial charge in [-0.15, -0.1) is 12.4 Å². The van der Waals surface area contributed by atoms with Crippen LogP contribution < -0.4 is 5.73 Å². The first kappa shape index (κ1) is 19.5. The van der Waals surface area contributed by atoms with Gasteiger partial charge in [0.2, 0.25) is 5.91 Å². The third-order valence-electron chi connectivity index (χ3n) is 5.56.